The molecule has 18 heavy (non-hydrogen) atoms. The smallest absolute Gasteiger partial charge is 0.121 e. The van der Waals surface area contributed by atoms with E-state index in [1.807, 2.05) is 25.1 Å². The predicted molar refractivity (Wildman–Crippen MR) is 73.9 cm³/mol. The summed E-state index contributed by atoms with van der Waals surface area (Å²) in [7, 11) is 0. The molecule has 0 fully saturated rings. The normalized spacial score (nSPS) is 11.3. The van der Waals surface area contributed by atoms with Crippen LogP contribution in [0.5, 0.6) is 5.75 Å². The van der Waals surface area contributed by atoms with Gasteiger partial charge in [-0.15, -0.1) is 0 Å². The van der Waals surface area contributed by atoms with Gasteiger partial charge in [-0.25, -0.2) is 4.98 Å². The van der Waals surface area contributed by atoms with Gasteiger partial charge in [-0.1, -0.05) is 13.8 Å². The van der Waals surface area contributed by atoms with Crippen molar-refractivity contribution in [1.29, 1.82) is 0 Å². The molecule has 0 radical (unpaired) electrons. The van der Waals surface area contributed by atoms with Crippen LogP contribution in [0.3, 0.4) is 0 Å². The van der Waals surface area contributed by atoms with Crippen molar-refractivity contribution in [3.05, 3.63) is 24.0 Å². The Balaban J connectivity index is 2.21. The number of imidazole rings is 1. The lowest BCUT2D eigenvalue weighted by Gasteiger charge is -2.15. The molecular formula is C14H21N3O. The maximum Gasteiger partial charge on any atom is 0.121 e. The number of benzene rings is 1. The standard InChI is InChI=1S/C14H21N3O/c1-4-17(5-2)10-14-15-12-8-7-11(18-6-3)9-13(12)16-14/h7-9H,4-6,10H2,1-3H3,(H,15,16). The molecule has 4 nitrogen and oxygen atoms in total. The Kier molecular flexibility index (Phi) is 4.20. The summed E-state index contributed by atoms with van der Waals surface area (Å²) in [5.74, 6) is 1.91. The summed E-state index contributed by atoms with van der Waals surface area (Å²) in [5, 5.41) is 0. The quantitative estimate of drug-likeness (QED) is 0.853. The van der Waals surface area contributed by atoms with Gasteiger partial charge in [-0.3, -0.25) is 4.90 Å². The fourth-order valence-electron chi connectivity index (χ4n) is 2.03. The molecule has 0 spiro atoms. The van der Waals surface area contributed by atoms with Crippen LogP contribution in [0, 0.1) is 0 Å². The highest BCUT2D eigenvalue weighted by molar-refractivity contribution is 5.76. The van der Waals surface area contributed by atoms with Crippen LogP contribution in [-0.2, 0) is 6.54 Å². The number of rotatable bonds is 6. The van der Waals surface area contributed by atoms with Crippen LogP contribution in [0.2, 0.25) is 0 Å². The van der Waals surface area contributed by atoms with Crippen molar-refractivity contribution in [2.24, 2.45) is 0 Å². The first-order valence-electron chi connectivity index (χ1n) is 6.60. The highest BCUT2D eigenvalue weighted by Gasteiger charge is 2.07. The van der Waals surface area contributed by atoms with Crippen molar-refractivity contribution in [1.82, 2.24) is 14.9 Å². The lowest BCUT2D eigenvalue weighted by molar-refractivity contribution is 0.289. The van der Waals surface area contributed by atoms with Crippen LogP contribution in [0.4, 0.5) is 0 Å². The molecule has 0 saturated heterocycles. The summed E-state index contributed by atoms with van der Waals surface area (Å²) in [5.41, 5.74) is 2.05. The van der Waals surface area contributed by atoms with Gasteiger partial charge in [-0.2, -0.15) is 0 Å². The maximum absolute atomic E-state index is 5.49. The van der Waals surface area contributed by atoms with Crippen molar-refractivity contribution in [2.75, 3.05) is 19.7 Å². The van der Waals surface area contributed by atoms with Gasteiger partial charge in [0.05, 0.1) is 24.2 Å². The van der Waals surface area contributed by atoms with Crippen LogP contribution >= 0.6 is 0 Å². The van der Waals surface area contributed by atoms with Gasteiger partial charge in [0, 0.05) is 6.07 Å². The van der Waals surface area contributed by atoms with Crippen LogP contribution in [-0.4, -0.2) is 34.6 Å². The highest BCUT2D eigenvalue weighted by atomic mass is 16.5. The first-order valence-corrected chi connectivity index (χ1v) is 6.60. The Morgan fingerprint density at radius 1 is 1.22 bits per heavy atom. The number of nitrogens with zero attached hydrogens (tertiary/aromatic N) is 2. The molecule has 1 aromatic carbocycles. The molecule has 1 heterocycles. The SMILES string of the molecule is CCOc1ccc2nc(CN(CC)CC)[nH]c2c1. The third-order valence-corrected chi connectivity index (χ3v) is 3.08. The average Bonchev–Trinajstić information content (AvgIpc) is 2.78. The van der Waals surface area contributed by atoms with E-state index >= 15 is 0 Å². The summed E-state index contributed by atoms with van der Waals surface area (Å²) in [4.78, 5) is 10.3. The Bertz CT molecular complexity index is 503. The van der Waals surface area contributed by atoms with Crippen molar-refractivity contribution in [2.45, 2.75) is 27.3 Å². The van der Waals surface area contributed by atoms with E-state index in [1.54, 1.807) is 0 Å². The van der Waals surface area contributed by atoms with Gasteiger partial charge >= 0.3 is 0 Å². The summed E-state index contributed by atoms with van der Waals surface area (Å²) < 4.78 is 5.49. The zero-order valence-electron chi connectivity index (χ0n) is 11.4. The van der Waals surface area contributed by atoms with Gasteiger partial charge in [0.1, 0.15) is 11.6 Å². The molecule has 1 N–H and O–H groups in total. The second-order valence-corrected chi connectivity index (χ2v) is 4.26. The molecule has 0 aliphatic heterocycles. The molecule has 0 aliphatic rings. The number of hydrogen-bond acceptors (Lipinski definition) is 3. The fourth-order valence-corrected chi connectivity index (χ4v) is 2.03. The van der Waals surface area contributed by atoms with Gasteiger partial charge in [0.2, 0.25) is 0 Å². The van der Waals surface area contributed by atoms with E-state index in [-0.39, 0.29) is 0 Å². The minimum absolute atomic E-state index is 0.686. The number of hydrogen-bond donors (Lipinski definition) is 1. The number of ether oxygens (including phenoxy) is 1. The highest BCUT2D eigenvalue weighted by Crippen LogP contribution is 2.19. The molecule has 2 rings (SSSR count). The topological polar surface area (TPSA) is 41.1 Å². The monoisotopic (exact) mass is 247 g/mol. The van der Waals surface area contributed by atoms with Crippen LogP contribution < -0.4 is 4.74 Å². The Morgan fingerprint density at radius 2 is 2.00 bits per heavy atom. The number of aromatic amines is 1. The summed E-state index contributed by atoms with van der Waals surface area (Å²) >= 11 is 0. The number of H-pyrrole nitrogens is 1. The van der Waals surface area contributed by atoms with Gasteiger partial charge < -0.3 is 9.72 Å². The number of fused-ring (bicyclic) bond motifs is 1. The molecule has 4 heteroatoms. The molecule has 98 valence electrons. The van der Waals surface area contributed by atoms with Crippen molar-refractivity contribution >= 4 is 11.0 Å². The van der Waals surface area contributed by atoms with E-state index < -0.39 is 0 Å². The van der Waals surface area contributed by atoms with Gasteiger partial charge in [0.15, 0.2) is 0 Å². The third kappa shape index (κ3) is 2.82. The summed E-state index contributed by atoms with van der Waals surface area (Å²) in [6, 6.07) is 5.98. The maximum atomic E-state index is 5.49. The van der Waals surface area contributed by atoms with Crippen LogP contribution in [0.15, 0.2) is 18.2 Å². The first-order chi connectivity index (χ1) is 8.76. The molecule has 0 unspecified atom stereocenters. The lowest BCUT2D eigenvalue weighted by Crippen LogP contribution is -2.22. The van der Waals surface area contributed by atoms with Gasteiger partial charge in [0.25, 0.3) is 0 Å². The first kappa shape index (κ1) is 12.9. The van der Waals surface area contributed by atoms with Crippen molar-refractivity contribution in [3.8, 4) is 5.75 Å². The van der Waals surface area contributed by atoms with Crippen molar-refractivity contribution < 1.29 is 4.74 Å². The molecule has 1 aromatic heterocycles. The summed E-state index contributed by atoms with van der Waals surface area (Å²) in [6.45, 7) is 9.95. The largest absolute Gasteiger partial charge is 0.494 e. The predicted octanol–water partition coefficient (Wildman–Crippen LogP) is 2.80. The molecule has 0 atom stereocenters. The Labute approximate surface area is 108 Å². The molecule has 0 bridgehead atoms. The third-order valence-electron chi connectivity index (χ3n) is 3.08. The number of nitrogens with one attached hydrogen (secondary N) is 1. The molecule has 0 saturated carbocycles. The molecule has 0 amide bonds. The van der Waals surface area contributed by atoms with E-state index in [0.29, 0.717) is 6.61 Å². The van der Waals surface area contributed by atoms with Crippen molar-refractivity contribution in [3.63, 3.8) is 0 Å². The van der Waals surface area contributed by atoms with Crippen LogP contribution in [0.25, 0.3) is 11.0 Å². The minimum atomic E-state index is 0.686. The van der Waals surface area contributed by atoms with E-state index in [0.717, 1.165) is 42.2 Å². The van der Waals surface area contributed by atoms with E-state index in [2.05, 4.69) is 28.7 Å². The summed E-state index contributed by atoms with van der Waals surface area (Å²) in [6.07, 6.45) is 0. The fraction of sp³-hybridized carbons (Fsp3) is 0.500. The van der Waals surface area contributed by atoms with E-state index in [4.69, 9.17) is 4.74 Å². The second kappa shape index (κ2) is 5.87. The zero-order chi connectivity index (χ0) is 13.0. The second-order valence-electron chi connectivity index (χ2n) is 4.26. The van der Waals surface area contributed by atoms with Crippen LogP contribution in [0.1, 0.15) is 26.6 Å². The Morgan fingerprint density at radius 3 is 2.67 bits per heavy atom. The molecular weight excluding hydrogens is 226 g/mol. The number of aromatic nitrogens is 2. The average molecular weight is 247 g/mol. The lowest BCUT2D eigenvalue weighted by atomic mass is 10.3. The Hall–Kier alpha value is -1.55. The minimum Gasteiger partial charge on any atom is -0.494 e. The molecule has 0 aliphatic carbocycles. The zero-order valence-corrected chi connectivity index (χ0v) is 11.4. The molecule has 2 aromatic rings. The van der Waals surface area contributed by atoms with E-state index in [1.165, 1.54) is 0 Å². The van der Waals surface area contributed by atoms with Gasteiger partial charge in [-0.05, 0) is 32.1 Å². The van der Waals surface area contributed by atoms with E-state index in [9.17, 15) is 0 Å².